The molecular weight excluding hydrogens is 343 g/mol. The molecule has 0 bridgehead atoms. The van der Waals surface area contributed by atoms with Gasteiger partial charge in [-0.25, -0.2) is 0 Å². The summed E-state index contributed by atoms with van der Waals surface area (Å²) in [6.45, 7) is 4.22. The van der Waals surface area contributed by atoms with Crippen LogP contribution in [0.1, 0.15) is 27.6 Å². The zero-order chi connectivity index (χ0) is 14.0. The van der Waals surface area contributed by atoms with Crippen molar-refractivity contribution in [3.63, 3.8) is 0 Å². The molecule has 0 heterocycles. The number of benzene rings is 2. The normalized spacial score (nSPS) is 12.5. The monoisotopic (exact) mass is 356 g/mol. The molecule has 0 nitrogen and oxygen atoms in total. The van der Waals surface area contributed by atoms with E-state index < -0.39 is 0 Å². The molecule has 2 aromatic carbocycles. The predicted molar refractivity (Wildman–Crippen MR) is 87.4 cm³/mol. The lowest BCUT2D eigenvalue weighted by Gasteiger charge is -2.14. The summed E-state index contributed by atoms with van der Waals surface area (Å²) in [4.78, 5) is 0. The van der Waals surface area contributed by atoms with Crippen LogP contribution in [-0.2, 0) is 6.42 Å². The lowest BCUT2D eigenvalue weighted by Crippen LogP contribution is -1.99. The van der Waals surface area contributed by atoms with Gasteiger partial charge in [-0.3, -0.25) is 0 Å². The molecule has 0 saturated carbocycles. The van der Waals surface area contributed by atoms with Crippen LogP contribution in [0.4, 0.5) is 0 Å². The first-order valence-corrected chi connectivity index (χ1v) is 7.73. The van der Waals surface area contributed by atoms with Crippen molar-refractivity contribution in [2.24, 2.45) is 0 Å². The topological polar surface area (TPSA) is 0 Å². The molecule has 0 aliphatic rings. The molecule has 0 amide bonds. The van der Waals surface area contributed by atoms with Crippen molar-refractivity contribution in [1.82, 2.24) is 0 Å². The SMILES string of the molecule is Cc1ccc(C)c(CC(Cl)c2cc(Cl)ccc2Br)c1. The third kappa shape index (κ3) is 3.75. The highest BCUT2D eigenvalue weighted by Gasteiger charge is 2.14. The summed E-state index contributed by atoms with van der Waals surface area (Å²) < 4.78 is 1.00. The van der Waals surface area contributed by atoms with Crippen LogP contribution in [0.3, 0.4) is 0 Å². The number of hydrogen-bond donors (Lipinski definition) is 0. The Labute approximate surface area is 132 Å². The van der Waals surface area contributed by atoms with Crippen LogP contribution in [0.5, 0.6) is 0 Å². The maximum Gasteiger partial charge on any atom is 0.0637 e. The molecule has 1 atom stereocenters. The van der Waals surface area contributed by atoms with Crippen LogP contribution in [0.25, 0.3) is 0 Å². The minimum absolute atomic E-state index is 0.0893. The van der Waals surface area contributed by atoms with Gasteiger partial charge in [0.2, 0.25) is 0 Å². The maximum absolute atomic E-state index is 6.55. The average molecular weight is 358 g/mol. The number of rotatable bonds is 3. The third-order valence-electron chi connectivity index (χ3n) is 3.20. The Hall–Kier alpha value is -0.500. The van der Waals surface area contributed by atoms with Crippen LogP contribution in [0.2, 0.25) is 5.02 Å². The van der Waals surface area contributed by atoms with E-state index in [4.69, 9.17) is 23.2 Å². The smallest absolute Gasteiger partial charge is 0.0637 e. The standard InChI is InChI=1S/C16H15BrCl2/c1-10-3-4-11(2)12(7-10)8-16(19)14-9-13(18)5-6-15(14)17/h3-7,9,16H,8H2,1-2H3. The first-order valence-electron chi connectivity index (χ1n) is 6.12. The van der Waals surface area contributed by atoms with E-state index in [0.29, 0.717) is 5.02 Å². The zero-order valence-electron chi connectivity index (χ0n) is 10.9. The molecule has 0 fully saturated rings. The molecule has 2 aromatic rings. The molecule has 0 aliphatic carbocycles. The van der Waals surface area contributed by atoms with E-state index >= 15 is 0 Å². The fourth-order valence-electron chi connectivity index (χ4n) is 2.08. The van der Waals surface area contributed by atoms with Gasteiger partial charge in [0, 0.05) is 9.50 Å². The number of aryl methyl sites for hydroxylation is 2. The van der Waals surface area contributed by atoms with Gasteiger partial charge in [0.1, 0.15) is 0 Å². The van der Waals surface area contributed by atoms with Gasteiger partial charge in [0.05, 0.1) is 5.38 Å². The molecule has 0 aliphatic heterocycles. The summed E-state index contributed by atoms with van der Waals surface area (Å²) in [7, 11) is 0. The van der Waals surface area contributed by atoms with Crippen molar-refractivity contribution in [3.8, 4) is 0 Å². The largest absolute Gasteiger partial charge is 0.117 e. The van der Waals surface area contributed by atoms with Gasteiger partial charge in [0.25, 0.3) is 0 Å². The molecule has 1 unspecified atom stereocenters. The van der Waals surface area contributed by atoms with Gasteiger partial charge in [0.15, 0.2) is 0 Å². The van der Waals surface area contributed by atoms with E-state index in [1.54, 1.807) is 0 Å². The number of alkyl halides is 1. The first-order chi connectivity index (χ1) is 8.97. The first kappa shape index (κ1) is 14.9. The van der Waals surface area contributed by atoms with Crippen LogP contribution >= 0.6 is 39.1 Å². The lowest BCUT2D eigenvalue weighted by molar-refractivity contribution is 0.904. The van der Waals surface area contributed by atoms with Gasteiger partial charge in [-0.1, -0.05) is 51.3 Å². The summed E-state index contributed by atoms with van der Waals surface area (Å²) >= 11 is 16.1. The van der Waals surface area contributed by atoms with Crippen molar-refractivity contribution in [2.75, 3.05) is 0 Å². The summed E-state index contributed by atoms with van der Waals surface area (Å²) in [6.07, 6.45) is 0.800. The Balaban J connectivity index is 2.27. The Morgan fingerprint density at radius 2 is 1.84 bits per heavy atom. The molecule has 2 rings (SSSR count). The van der Waals surface area contributed by atoms with E-state index in [0.717, 1.165) is 16.5 Å². The van der Waals surface area contributed by atoms with Crippen molar-refractivity contribution >= 4 is 39.1 Å². The van der Waals surface area contributed by atoms with Crippen molar-refractivity contribution < 1.29 is 0 Å². The average Bonchev–Trinajstić information content (AvgIpc) is 2.36. The highest BCUT2D eigenvalue weighted by Crippen LogP contribution is 2.33. The molecular formula is C16H15BrCl2. The minimum Gasteiger partial charge on any atom is -0.117 e. The van der Waals surface area contributed by atoms with Crippen molar-refractivity contribution in [3.05, 3.63) is 68.1 Å². The summed E-state index contributed by atoms with van der Waals surface area (Å²) in [6, 6.07) is 12.2. The van der Waals surface area contributed by atoms with Crippen molar-refractivity contribution in [2.45, 2.75) is 25.6 Å². The van der Waals surface area contributed by atoms with Crippen LogP contribution in [0.15, 0.2) is 40.9 Å². The summed E-state index contributed by atoms with van der Waals surface area (Å²) in [5.74, 6) is 0. The van der Waals surface area contributed by atoms with Gasteiger partial charge in [-0.05, 0) is 55.2 Å². The summed E-state index contributed by atoms with van der Waals surface area (Å²) in [5, 5.41) is 0.624. The van der Waals surface area contributed by atoms with E-state index in [9.17, 15) is 0 Å². The molecule has 100 valence electrons. The highest BCUT2D eigenvalue weighted by atomic mass is 79.9. The second kappa shape index (κ2) is 6.30. The Kier molecular flexibility index (Phi) is 4.94. The Bertz CT molecular complexity index is 593. The zero-order valence-corrected chi connectivity index (χ0v) is 14.0. The van der Waals surface area contributed by atoms with E-state index in [2.05, 4.69) is 48.0 Å². The predicted octanol–water partition coefficient (Wildman–Crippen LogP) is 6.24. The van der Waals surface area contributed by atoms with E-state index in [-0.39, 0.29) is 5.38 Å². The second-order valence-electron chi connectivity index (χ2n) is 4.77. The molecule has 0 aromatic heterocycles. The molecule has 0 N–H and O–H groups in total. The third-order valence-corrected chi connectivity index (χ3v) is 4.55. The highest BCUT2D eigenvalue weighted by molar-refractivity contribution is 9.10. The minimum atomic E-state index is -0.0893. The Morgan fingerprint density at radius 1 is 1.11 bits per heavy atom. The molecule has 0 radical (unpaired) electrons. The van der Waals surface area contributed by atoms with Crippen molar-refractivity contribution in [1.29, 1.82) is 0 Å². The molecule has 0 saturated heterocycles. The van der Waals surface area contributed by atoms with E-state index in [1.807, 2.05) is 18.2 Å². The fourth-order valence-corrected chi connectivity index (χ4v) is 3.26. The maximum atomic E-state index is 6.55. The molecule has 3 heteroatoms. The van der Waals surface area contributed by atoms with Gasteiger partial charge >= 0.3 is 0 Å². The summed E-state index contributed by atoms with van der Waals surface area (Å²) in [5.41, 5.74) is 4.85. The van der Waals surface area contributed by atoms with E-state index in [1.165, 1.54) is 16.7 Å². The van der Waals surface area contributed by atoms with Gasteiger partial charge in [-0.2, -0.15) is 0 Å². The Morgan fingerprint density at radius 3 is 2.58 bits per heavy atom. The number of halogens is 3. The van der Waals surface area contributed by atoms with Crippen LogP contribution in [0, 0.1) is 13.8 Å². The van der Waals surface area contributed by atoms with Crippen LogP contribution < -0.4 is 0 Å². The molecule has 0 spiro atoms. The quantitative estimate of drug-likeness (QED) is 0.570. The second-order valence-corrected chi connectivity index (χ2v) is 6.59. The lowest BCUT2D eigenvalue weighted by atomic mass is 9.98. The fraction of sp³-hybridized carbons (Fsp3) is 0.250. The van der Waals surface area contributed by atoms with Gasteiger partial charge in [-0.15, -0.1) is 11.6 Å². The number of hydrogen-bond acceptors (Lipinski definition) is 0. The van der Waals surface area contributed by atoms with Gasteiger partial charge < -0.3 is 0 Å². The molecule has 19 heavy (non-hydrogen) atoms. The van der Waals surface area contributed by atoms with Crippen LogP contribution in [-0.4, -0.2) is 0 Å².